The Morgan fingerprint density at radius 3 is 2.54 bits per heavy atom. The van der Waals surface area contributed by atoms with Crippen molar-refractivity contribution in [1.82, 2.24) is 9.47 Å². The number of aryl methyl sites for hydroxylation is 1. The lowest BCUT2D eigenvalue weighted by atomic mass is 10.2. The van der Waals surface area contributed by atoms with Crippen LogP contribution in [0.2, 0.25) is 5.02 Å². The molecule has 1 aliphatic rings. The predicted octanol–water partition coefficient (Wildman–Crippen LogP) is 7.08. The van der Waals surface area contributed by atoms with E-state index < -0.39 is 17.0 Å². The third-order valence-corrected chi connectivity index (χ3v) is 7.36. The highest BCUT2D eigenvalue weighted by molar-refractivity contribution is 8.18. The van der Waals surface area contributed by atoms with Gasteiger partial charge in [-0.2, -0.15) is 0 Å². The van der Waals surface area contributed by atoms with Gasteiger partial charge in [0.15, 0.2) is 0 Å². The summed E-state index contributed by atoms with van der Waals surface area (Å²) < 4.78 is 21.5. The Morgan fingerprint density at radius 1 is 1.14 bits per heavy atom. The van der Waals surface area contributed by atoms with Crippen LogP contribution < -0.4 is 0 Å². The molecule has 6 nitrogen and oxygen atoms in total. The smallest absolute Gasteiger partial charge is 0.338 e. The molecule has 0 aliphatic carbocycles. The zero-order valence-corrected chi connectivity index (χ0v) is 22.3. The molecular weight excluding hydrogens is 515 g/mol. The fraction of sp³-hybridized carbons (Fsp3) is 0.250. The van der Waals surface area contributed by atoms with E-state index in [1.165, 1.54) is 18.2 Å². The van der Waals surface area contributed by atoms with Crippen molar-refractivity contribution in [3.05, 3.63) is 92.4 Å². The van der Waals surface area contributed by atoms with E-state index in [-0.39, 0.29) is 28.0 Å². The summed E-state index contributed by atoms with van der Waals surface area (Å²) in [6.07, 6.45) is 3.45. The van der Waals surface area contributed by atoms with Gasteiger partial charge in [0.1, 0.15) is 5.82 Å². The number of esters is 1. The van der Waals surface area contributed by atoms with E-state index in [1.807, 2.05) is 43.5 Å². The van der Waals surface area contributed by atoms with Crippen molar-refractivity contribution in [1.29, 1.82) is 0 Å². The van der Waals surface area contributed by atoms with Crippen LogP contribution in [0.25, 0.3) is 11.8 Å². The Morgan fingerprint density at radius 2 is 1.86 bits per heavy atom. The normalized spacial score (nSPS) is 14.6. The van der Waals surface area contributed by atoms with Gasteiger partial charge in [0.2, 0.25) is 0 Å². The minimum absolute atomic E-state index is 0.101. The number of hydrogen-bond donors (Lipinski definition) is 0. The molecule has 0 radical (unpaired) electrons. The van der Waals surface area contributed by atoms with Gasteiger partial charge in [0, 0.05) is 27.7 Å². The quantitative estimate of drug-likeness (QED) is 0.173. The second-order valence-electron chi connectivity index (χ2n) is 8.67. The van der Waals surface area contributed by atoms with Gasteiger partial charge in [-0.1, -0.05) is 31.0 Å². The SMILES string of the molecule is CCCCOC(=O)c1ccc(-n2c(C)cc(/C=C3\SC(=O)N(Cc4c(F)cccc4Cl)C3=O)c2C)cc1. The second kappa shape index (κ2) is 11.4. The lowest BCUT2D eigenvalue weighted by molar-refractivity contribution is -0.123. The molecule has 1 aromatic heterocycles. The second-order valence-corrected chi connectivity index (χ2v) is 10.1. The Kier molecular flexibility index (Phi) is 8.19. The standard InChI is InChI=1S/C28H26ClFN2O4S/c1-4-5-13-36-27(34)19-9-11-21(12-10-19)32-17(2)14-20(18(32)3)15-25-26(33)31(28(35)37-25)16-22-23(29)7-6-8-24(22)30/h6-12,14-15H,4-5,13,16H2,1-3H3/b25-15-. The van der Waals surface area contributed by atoms with Gasteiger partial charge in [-0.05, 0) is 86.1 Å². The summed E-state index contributed by atoms with van der Waals surface area (Å²) in [4.78, 5) is 39.1. The van der Waals surface area contributed by atoms with Crippen molar-refractivity contribution in [2.45, 2.75) is 40.2 Å². The van der Waals surface area contributed by atoms with E-state index in [2.05, 4.69) is 0 Å². The number of imide groups is 1. The fourth-order valence-corrected chi connectivity index (χ4v) is 5.14. The molecule has 0 N–H and O–H groups in total. The lowest BCUT2D eigenvalue weighted by Gasteiger charge is -2.14. The number of amides is 2. The molecule has 3 aromatic rings. The molecule has 192 valence electrons. The summed E-state index contributed by atoms with van der Waals surface area (Å²) in [7, 11) is 0. The number of unbranched alkanes of at least 4 members (excludes halogenated alkanes) is 1. The van der Waals surface area contributed by atoms with Crippen LogP contribution in [0, 0.1) is 19.7 Å². The highest BCUT2D eigenvalue weighted by Crippen LogP contribution is 2.35. The van der Waals surface area contributed by atoms with Crippen LogP contribution in [0.15, 0.2) is 53.4 Å². The van der Waals surface area contributed by atoms with Crippen LogP contribution >= 0.6 is 23.4 Å². The molecule has 37 heavy (non-hydrogen) atoms. The summed E-state index contributed by atoms with van der Waals surface area (Å²) >= 11 is 6.90. The van der Waals surface area contributed by atoms with Crippen LogP contribution in [0.5, 0.6) is 0 Å². The molecule has 0 unspecified atom stereocenters. The molecule has 0 bridgehead atoms. The molecular formula is C28H26ClFN2O4S. The first-order valence-electron chi connectivity index (χ1n) is 11.9. The van der Waals surface area contributed by atoms with Gasteiger partial charge < -0.3 is 9.30 Å². The molecule has 2 amide bonds. The van der Waals surface area contributed by atoms with E-state index in [0.29, 0.717) is 12.2 Å². The van der Waals surface area contributed by atoms with Crippen LogP contribution in [-0.4, -0.2) is 33.2 Å². The Bertz CT molecular complexity index is 1380. The maximum absolute atomic E-state index is 14.2. The van der Waals surface area contributed by atoms with Gasteiger partial charge in [0.25, 0.3) is 11.1 Å². The molecule has 0 spiro atoms. The maximum Gasteiger partial charge on any atom is 0.338 e. The van der Waals surface area contributed by atoms with Crippen molar-refractivity contribution in [3.8, 4) is 5.69 Å². The van der Waals surface area contributed by atoms with Gasteiger partial charge in [-0.3, -0.25) is 14.5 Å². The summed E-state index contributed by atoms with van der Waals surface area (Å²) in [6, 6.07) is 13.3. The molecule has 2 heterocycles. The van der Waals surface area contributed by atoms with E-state index in [0.717, 1.165) is 52.1 Å². The molecule has 4 rings (SSSR count). The number of rotatable bonds is 8. The summed E-state index contributed by atoms with van der Waals surface area (Å²) in [5, 5.41) is -0.322. The highest BCUT2D eigenvalue weighted by Gasteiger charge is 2.36. The third-order valence-electron chi connectivity index (χ3n) is 6.10. The van der Waals surface area contributed by atoms with Crippen LogP contribution in [0.1, 0.15) is 52.6 Å². The first kappa shape index (κ1) is 26.7. The summed E-state index contributed by atoms with van der Waals surface area (Å²) in [5.41, 5.74) is 3.98. The van der Waals surface area contributed by atoms with Gasteiger partial charge in [0.05, 0.1) is 23.6 Å². The minimum Gasteiger partial charge on any atom is -0.462 e. The van der Waals surface area contributed by atoms with E-state index in [4.69, 9.17) is 16.3 Å². The average Bonchev–Trinajstić information content (AvgIpc) is 3.30. The predicted molar refractivity (Wildman–Crippen MR) is 143 cm³/mol. The third kappa shape index (κ3) is 5.65. The molecule has 0 atom stereocenters. The number of halogens is 2. The Hall–Kier alpha value is -3.36. The number of aromatic nitrogens is 1. The van der Waals surface area contributed by atoms with Crippen molar-refractivity contribution in [3.63, 3.8) is 0 Å². The zero-order chi connectivity index (χ0) is 26.7. The number of hydrogen-bond acceptors (Lipinski definition) is 5. The van der Waals surface area contributed by atoms with E-state index in [1.54, 1.807) is 18.2 Å². The number of benzene rings is 2. The Labute approximate surface area is 224 Å². The molecule has 2 aromatic carbocycles. The first-order valence-corrected chi connectivity index (χ1v) is 13.1. The van der Waals surface area contributed by atoms with Crippen molar-refractivity contribution < 1.29 is 23.5 Å². The molecule has 0 saturated carbocycles. The fourth-order valence-electron chi connectivity index (χ4n) is 4.09. The number of nitrogens with zero attached hydrogens (tertiary/aromatic N) is 2. The first-order chi connectivity index (χ1) is 17.7. The van der Waals surface area contributed by atoms with Crippen molar-refractivity contribution in [2.75, 3.05) is 6.61 Å². The lowest BCUT2D eigenvalue weighted by Crippen LogP contribution is -2.28. The average molecular weight is 541 g/mol. The van der Waals surface area contributed by atoms with E-state index >= 15 is 0 Å². The number of thioether (sulfide) groups is 1. The highest BCUT2D eigenvalue weighted by atomic mass is 35.5. The zero-order valence-electron chi connectivity index (χ0n) is 20.7. The van der Waals surface area contributed by atoms with Crippen LogP contribution in [-0.2, 0) is 16.1 Å². The van der Waals surface area contributed by atoms with Gasteiger partial charge in [-0.15, -0.1) is 0 Å². The maximum atomic E-state index is 14.2. The number of carbonyl (C=O) groups is 3. The number of carbonyl (C=O) groups excluding carboxylic acids is 3. The van der Waals surface area contributed by atoms with Crippen LogP contribution in [0.4, 0.5) is 9.18 Å². The van der Waals surface area contributed by atoms with Crippen molar-refractivity contribution >= 4 is 46.6 Å². The number of ether oxygens (including phenoxy) is 1. The molecule has 1 aliphatic heterocycles. The molecule has 1 fully saturated rings. The Balaban J connectivity index is 1.55. The monoisotopic (exact) mass is 540 g/mol. The van der Waals surface area contributed by atoms with Crippen LogP contribution in [0.3, 0.4) is 0 Å². The minimum atomic E-state index is -0.570. The van der Waals surface area contributed by atoms with Gasteiger partial charge in [-0.25, -0.2) is 9.18 Å². The van der Waals surface area contributed by atoms with Crippen molar-refractivity contribution in [2.24, 2.45) is 0 Å². The molecule has 9 heteroatoms. The summed E-state index contributed by atoms with van der Waals surface area (Å²) in [6.45, 7) is 6.04. The van der Waals surface area contributed by atoms with E-state index in [9.17, 15) is 18.8 Å². The summed E-state index contributed by atoms with van der Waals surface area (Å²) in [5.74, 6) is -1.42. The molecule has 1 saturated heterocycles. The van der Waals surface area contributed by atoms with Gasteiger partial charge >= 0.3 is 5.97 Å². The largest absolute Gasteiger partial charge is 0.462 e. The topological polar surface area (TPSA) is 68.6 Å².